The van der Waals surface area contributed by atoms with Crippen LogP contribution in [0.1, 0.15) is 39.2 Å². The predicted molar refractivity (Wildman–Crippen MR) is 105 cm³/mol. The number of nitrogens with zero attached hydrogens (tertiary/aromatic N) is 3. The second-order valence-electron chi connectivity index (χ2n) is 7.55. The van der Waals surface area contributed by atoms with Crippen molar-refractivity contribution in [2.24, 2.45) is 16.6 Å². The summed E-state index contributed by atoms with van der Waals surface area (Å²) in [5.74, 6) is -1.44. The summed E-state index contributed by atoms with van der Waals surface area (Å²) in [5, 5.41) is 8.69. The Kier molecular flexibility index (Phi) is 4.94. The number of alkyl halides is 1. The molecule has 2 heterocycles. The first kappa shape index (κ1) is 20.2. The lowest BCUT2D eigenvalue weighted by Gasteiger charge is -2.32. The van der Waals surface area contributed by atoms with E-state index in [0.29, 0.717) is 23.1 Å². The third-order valence-electron chi connectivity index (χ3n) is 5.52. The van der Waals surface area contributed by atoms with Crippen molar-refractivity contribution in [3.8, 4) is 6.07 Å². The number of pyridine rings is 1. The Morgan fingerprint density at radius 3 is 2.90 bits per heavy atom. The van der Waals surface area contributed by atoms with E-state index in [4.69, 9.17) is 27.3 Å². The van der Waals surface area contributed by atoms with Crippen molar-refractivity contribution in [1.29, 1.82) is 5.26 Å². The molecular formula is C21H17ClF2N4O2. The molecule has 0 amide bonds. The Bertz CT molecular complexity index is 1130. The molecule has 2 aliphatic rings. The summed E-state index contributed by atoms with van der Waals surface area (Å²) in [7, 11) is 0. The molecule has 1 fully saturated rings. The maximum absolute atomic E-state index is 14.6. The summed E-state index contributed by atoms with van der Waals surface area (Å²) >= 11 is 6.19. The lowest BCUT2D eigenvalue weighted by Crippen LogP contribution is -2.39. The summed E-state index contributed by atoms with van der Waals surface area (Å²) < 4.78 is 34.2. The van der Waals surface area contributed by atoms with Crippen LogP contribution in [-0.4, -0.2) is 29.6 Å². The Balaban J connectivity index is 1.72. The second kappa shape index (κ2) is 7.33. The Morgan fingerprint density at radius 1 is 1.47 bits per heavy atom. The van der Waals surface area contributed by atoms with Crippen LogP contribution >= 0.6 is 11.6 Å². The van der Waals surface area contributed by atoms with Crippen LogP contribution in [0, 0.1) is 30.0 Å². The minimum absolute atomic E-state index is 0.151. The Morgan fingerprint density at radius 2 is 2.23 bits per heavy atom. The van der Waals surface area contributed by atoms with Gasteiger partial charge in [-0.3, -0.25) is 9.78 Å². The van der Waals surface area contributed by atoms with E-state index in [-0.39, 0.29) is 46.5 Å². The summed E-state index contributed by atoms with van der Waals surface area (Å²) in [6, 6.07) is 5.99. The molecule has 6 nitrogen and oxygen atoms in total. The number of aromatic nitrogens is 1. The van der Waals surface area contributed by atoms with Crippen LogP contribution in [0.4, 0.5) is 8.78 Å². The smallest absolute Gasteiger partial charge is 0.283 e. The molecule has 2 aromatic rings. The van der Waals surface area contributed by atoms with Crippen LogP contribution in [0.3, 0.4) is 0 Å². The number of nitriles is 1. The maximum Gasteiger partial charge on any atom is 0.283 e. The number of Topliss-reactive ketones (excluding diaryl/α,β-unsaturated/α-hetero) is 1. The number of ether oxygens (including phenoxy) is 1. The highest BCUT2D eigenvalue weighted by atomic mass is 35.5. The molecule has 1 aromatic carbocycles. The molecule has 4 rings (SSSR count). The van der Waals surface area contributed by atoms with Crippen LogP contribution in [-0.2, 0) is 16.7 Å². The number of hydrogen-bond acceptors (Lipinski definition) is 6. The SMILES string of the molecule is Cc1cc(C#N)cnc1C(=O)Cc1cc(F)c(Cl)c([C@]2(CF)N=C(N)O[C@H]3C[C@H]32)c1. The maximum atomic E-state index is 14.6. The normalized spacial score (nSPS) is 24.3. The van der Waals surface area contributed by atoms with Crippen molar-refractivity contribution in [3.63, 3.8) is 0 Å². The van der Waals surface area contributed by atoms with Gasteiger partial charge in [-0.05, 0) is 36.6 Å². The number of carbonyl (C=O) groups excluding carboxylic acids is 1. The molecule has 0 saturated heterocycles. The van der Waals surface area contributed by atoms with E-state index in [9.17, 15) is 13.6 Å². The zero-order chi connectivity index (χ0) is 21.6. The molecule has 1 aromatic heterocycles. The lowest BCUT2D eigenvalue weighted by molar-refractivity contribution is 0.0987. The van der Waals surface area contributed by atoms with Crippen molar-refractivity contribution in [1.82, 2.24) is 4.98 Å². The Labute approximate surface area is 176 Å². The van der Waals surface area contributed by atoms with E-state index >= 15 is 0 Å². The van der Waals surface area contributed by atoms with Gasteiger partial charge in [0.25, 0.3) is 6.02 Å². The van der Waals surface area contributed by atoms with E-state index in [2.05, 4.69) is 9.98 Å². The zero-order valence-electron chi connectivity index (χ0n) is 16.0. The van der Waals surface area contributed by atoms with E-state index in [1.165, 1.54) is 12.3 Å². The fourth-order valence-electron chi connectivity index (χ4n) is 3.99. The number of amidine groups is 1. The first-order chi connectivity index (χ1) is 14.3. The fraction of sp³-hybridized carbons (Fsp3) is 0.333. The predicted octanol–water partition coefficient (Wildman–Crippen LogP) is 3.38. The monoisotopic (exact) mass is 430 g/mol. The summed E-state index contributed by atoms with van der Waals surface area (Å²) in [6.07, 6.45) is 1.38. The van der Waals surface area contributed by atoms with Crippen LogP contribution < -0.4 is 5.73 Å². The molecule has 9 heteroatoms. The minimum atomic E-state index is -1.44. The minimum Gasteiger partial charge on any atom is -0.462 e. The topological polar surface area (TPSA) is 101 Å². The van der Waals surface area contributed by atoms with E-state index in [1.807, 2.05) is 6.07 Å². The molecule has 0 radical (unpaired) electrons. The molecule has 0 spiro atoms. The number of nitrogens with two attached hydrogens (primary N) is 1. The average molecular weight is 431 g/mol. The fourth-order valence-corrected chi connectivity index (χ4v) is 4.26. The van der Waals surface area contributed by atoms with Crippen molar-refractivity contribution in [3.05, 3.63) is 63.2 Å². The van der Waals surface area contributed by atoms with Crippen molar-refractivity contribution < 1.29 is 18.3 Å². The molecule has 0 bridgehead atoms. The summed E-state index contributed by atoms with van der Waals surface area (Å²) in [4.78, 5) is 21.0. The van der Waals surface area contributed by atoms with Crippen LogP contribution in [0.25, 0.3) is 0 Å². The van der Waals surface area contributed by atoms with Crippen molar-refractivity contribution in [2.75, 3.05) is 6.67 Å². The number of ketones is 1. The van der Waals surface area contributed by atoms with Gasteiger partial charge in [0.2, 0.25) is 0 Å². The van der Waals surface area contributed by atoms with Gasteiger partial charge in [0.15, 0.2) is 5.78 Å². The highest BCUT2D eigenvalue weighted by molar-refractivity contribution is 6.31. The number of halogens is 3. The molecule has 1 aliphatic carbocycles. The van der Waals surface area contributed by atoms with Crippen molar-refractivity contribution in [2.45, 2.75) is 31.4 Å². The molecule has 1 saturated carbocycles. The van der Waals surface area contributed by atoms with Crippen LogP contribution in [0.15, 0.2) is 29.4 Å². The first-order valence-electron chi connectivity index (χ1n) is 9.25. The average Bonchev–Trinajstić information content (AvgIpc) is 3.49. The van der Waals surface area contributed by atoms with Gasteiger partial charge in [-0.15, -0.1) is 0 Å². The molecule has 3 atom stereocenters. The first-order valence-corrected chi connectivity index (χ1v) is 9.63. The number of hydrogen-bond donors (Lipinski definition) is 1. The third kappa shape index (κ3) is 3.29. The van der Waals surface area contributed by atoms with Gasteiger partial charge in [-0.2, -0.15) is 5.26 Å². The van der Waals surface area contributed by atoms with Gasteiger partial charge in [0.1, 0.15) is 35.9 Å². The number of benzene rings is 1. The number of aliphatic imine (C=N–C) groups is 1. The van der Waals surface area contributed by atoms with Crippen LogP contribution in [0.2, 0.25) is 5.02 Å². The quantitative estimate of drug-likeness (QED) is 0.733. The summed E-state index contributed by atoms with van der Waals surface area (Å²) in [5.41, 5.74) is 5.78. The molecule has 154 valence electrons. The van der Waals surface area contributed by atoms with Gasteiger partial charge < -0.3 is 10.5 Å². The highest BCUT2D eigenvalue weighted by Crippen LogP contribution is 2.54. The lowest BCUT2D eigenvalue weighted by atomic mass is 9.84. The standard InChI is InChI=1S/C21H17ClF2N4O2/c1-10-2-12(7-25)8-27-19(10)16(29)5-11-3-14(18(22)15(24)4-11)21(9-23)13-6-17(13)30-20(26)28-21/h2-4,8,13,17H,5-6,9H2,1H3,(H2,26,28)/t13-,17+,21-/m1/s1. The number of fused-ring (bicyclic) bond motifs is 1. The molecule has 30 heavy (non-hydrogen) atoms. The van der Waals surface area contributed by atoms with Crippen molar-refractivity contribution >= 4 is 23.4 Å². The summed E-state index contributed by atoms with van der Waals surface area (Å²) in [6.45, 7) is 0.741. The highest BCUT2D eigenvalue weighted by Gasteiger charge is 2.60. The second-order valence-corrected chi connectivity index (χ2v) is 7.92. The van der Waals surface area contributed by atoms with Gasteiger partial charge in [0.05, 0.1) is 10.6 Å². The Hall–Kier alpha value is -3.05. The van der Waals surface area contributed by atoms with E-state index < -0.39 is 18.0 Å². The number of rotatable bonds is 5. The van der Waals surface area contributed by atoms with Gasteiger partial charge in [-0.1, -0.05) is 17.7 Å². The third-order valence-corrected chi connectivity index (χ3v) is 5.91. The molecule has 1 aliphatic heterocycles. The van der Waals surface area contributed by atoms with Gasteiger partial charge in [0, 0.05) is 24.1 Å². The zero-order valence-corrected chi connectivity index (χ0v) is 16.7. The van der Waals surface area contributed by atoms with Crippen LogP contribution in [0.5, 0.6) is 0 Å². The largest absolute Gasteiger partial charge is 0.462 e. The van der Waals surface area contributed by atoms with E-state index in [1.54, 1.807) is 13.0 Å². The molecule has 0 unspecified atom stereocenters. The number of carbonyl (C=O) groups is 1. The molecule has 2 N–H and O–H groups in total. The van der Waals surface area contributed by atoms with Gasteiger partial charge >= 0.3 is 0 Å². The molecular weight excluding hydrogens is 414 g/mol. The van der Waals surface area contributed by atoms with E-state index in [0.717, 1.165) is 6.07 Å². The van der Waals surface area contributed by atoms with Gasteiger partial charge in [-0.25, -0.2) is 13.8 Å². The number of aryl methyl sites for hydroxylation is 1.